The summed E-state index contributed by atoms with van der Waals surface area (Å²) in [6, 6.07) is 0. The van der Waals surface area contributed by atoms with Gasteiger partial charge in [-0.2, -0.15) is 0 Å². The molecule has 1 aliphatic rings. The predicted octanol–water partition coefficient (Wildman–Crippen LogP) is 2.62. The van der Waals surface area contributed by atoms with Gasteiger partial charge in [0.2, 0.25) is 0 Å². The van der Waals surface area contributed by atoms with Gasteiger partial charge in [0, 0.05) is 12.3 Å². The summed E-state index contributed by atoms with van der Waals surface area (Å²) in [4.78, 5) is 13.8. The van der Waals surface area contributed by atoms with E-state index in [-0.39, 0.29) is 24.2 Å². The summed E-state index contributed by atoms with van der Waals surface area (Å²) in [6.07, 6.45) is 1.72. The van der Waals surface area contributed by atoms with Gasteiger partial charge in [-0.15, -0.1) is 0 Å². The molecule has 7 heteroatoms. The van der Waals surface area contributed by atoms with Gasteiger partial charge in [0.05, 0.1) is 24.5 Å². The molecule has 0 aliphatic carbocycles. The highest BCUT2D eigenvalue weighted by Crippen LogP contribution is 2.30. The Balaban J connectivity index is 2.55. The minimum Gasteiger partial charge on any atom is -0.444 e. The van der Waals surface area contributed by atoms with E-state index in [1.807, 2.05) is 34.6 Å². The van der Waals surface area contributed by atoms with Crippen molar-refractivity contribution in [1.82, 2.24) is 4.90 Å². The molecule has 0 N–H and O–H groups in total. The first-order chi connectivity index (χ1) is 10.5. The van der Waals surface area contributed by atoms with Crippen LogP contribution in [-0.4, -0.2) is 61.8 Å². The van der Waals surface area contributed by atoms with Crippen molar-refractivity contribution in [3.8, 4) is 0 Å². The quantitative estimate of drug-likeness (QED) is 0.706. The molecule has 0 aromatic rings. The van der Waals surface area contributed by atoms with E-state index in [4.69, 9.17) is 9.47 Å². The van der Waals surface area contributed by atoms with E-state index in [1.54, 1.807) is 4.90 Å². The number of nitrogens with zero attached hydrogens (tertiary/aromatic N) is 1. The Morgan fingerprint density at radius 2 is 1.87 bits per heavy atom. The number of carbonyl (C=O) groups excluding carboxylic acids is 1. The number of likely N-dealkylation sites (tertiary alicyclic amines) is 1. The van der Waals surface area contributed by atoms with E-state index < -0.39 is 21.0 Å². The Bertz CT molecular complexity index is 497. The fraction of sp³-hybridized carbons (Fsp3) is 0.938. The van der Waals surface area contributed by atoms with Crippen LogP contribution in [0.4, 0.5) is 4.79 Å². The lowest BCUT2D eigenvalue weighted by Crippen LogP contribution is -2.41. The summed E-state index contributed by atoms with van der Waals surface area (Å²) in [5, 5.41) is 0. The van der Waals surface area contributed by atoms with Crippen molar-refractivity contribution in [2.75, 3.05) is 31.2 Å². The molecule has 1 amide bonds. The summed E-state index contributed by atoms with van der Waals surface area (Å²) in [6.45, 7) is 10.6. The Morgan fingerprint density at radius 3 is 2.39 bits per heavy atom. The summed E-state index contributed by atoms with van der Waals surface area (Å²) in [5.41, 5.74) is -0.984. The first-order valence-electron chi connectivity index (χ1n) is 8.35. The van der Waals surface area contributed by atoms with Crippen LogP contribution in [0.15, 0.2) is 0 Å². The zero-order valence-corrected chi connectivity index (χ0v) is 15.9. The van der Waals surface area contributed by atoms with Crippen molar-refractivity contribution in [2.24, 2.45) is 0 Å². The molecule has 0 radical (unpaired) electrons. The highest BCUT2D eigenvalue weighted by Gasteiger charge is 2.41. The topological polar surface area (TPSA) is 72.9 Å². The summed E-state index contributed by atoms with van der Waals surface area (Å²) < 4.78 is 34.8. The van der Waals surface area contributed by atoms with E-state index in [2.05, 4.69) is 0 Å². The lowest BCUT2D eigenvalue weighted by molar-refractivity contribution is -0.0355. The van der Waals surface area contributed by atoms with Gasteiger partial charge in [-0.1, -0.05) is 13.8 Å². The molecule has 0 saturated carbocycles. The monoisotopic (exact) mass is 349 g/mol. The second-order valence-corrected chi connectivity index (χ2v) is 9.49. The van der Waals surface area contributed by atoms with Gasteiger partial charge in [-0.25, -0.2) is 13.2 Å². The number of sulfone groups is 1. The average Bonchev–Trinajstić information content (AvgIpc) is 2.81. The fourth-order valence-corrected chi connectivity index (χ4v) is 3.80. The largest absolute Gasteiger partial charge is 0.444 e. The van der Waals surface area contributed by atoms with Gasteiger partial charge in [-0.05, 0) is 40.0 Å². The van der Waals surface area contributed by atoms with Crippen LogP contribution in [-0.2, 0) is 19.3 Å². The fourth-order valence-electron chi connectivity index (χ4n) is 2.63. The third kappa shape index (κ3) is 6.67. The van der Waals surface area contributed by atoms with Crippen molar-refractivity contribution >= 4 is 15.9 Å². The zero-order valence-electron chi connectivity index (χ0n) is 15.1. The molecule has 1 rings (SSSR count). The van der Waals surface area contributed by atoms with E-state index >= 15 is 0 Å². The third-order valence-electron chi connectivity index (χ3n) is 3.93. The van der Waals surface area contributed by atoms with Crippen LogP contribution in [0.1, 0.15) is 53.9 Å². The van der Waals surface area contributed by atoms with Gasteiger partial charge in [0.25, 0.3) is 0 Å². The van der Waals surface area contributed by atoms with E-state index in [9.17, 15) is 13.2 Å². The molecular formula is C16H31NO5S. The smallest absolute Gasteiger partial charge is 0.410 e. The Labute approximate surface area is 140 Å². The number of carbonyl (C=O) groups is 1. The SMILES string of the molecule is CCCS(=O)(=O)CCOC1(CC)CCN(C(=O)OC(C)(C)C)C1. The molecule has 1 aliphatic heterocycles. The zero-order chi connectivity index (χ0) is 17.7. The number of amides is 1. The second kappa shape index (κ2) is 7.83. The van der Waals surface area contributed by atoms with Crippen LogP contribution in [0, 0.1) is 0 Å². The first-order valence-corrected chi connectivity index (χ1v) is 10.2. The number of hydrogen-bond donors (Lipinski definition) is 0. The maximum Gasteiger partial charge on any atom is 0.410 e. The molecule has 1 heterocycles. The van der Waals surface area contributed by atoms with Crippen molar-refractivity contribution in [3.63, 3.8) is 0 Å². The molecule has 1 saturated heterocycles. The Hall–Kier alpha value is -0.820. The number of ether oxygens (including phenoxy) is 2. The minimum atomic E-state index is -3.04. The normalized spacial score (nSPS) is 22.4. The maximum absolute atomic E-state index is 12.1. The molecule has 1 fully saturated rings. The third-order valence-corrected chi connectivity index (χ3v) is 5.75. The summed E-state index contributed by atoms with van der Waals surface area (Å²) in [5.74, 6) is 0.231. The van der Waals surface area contributed by atoms with Gasteiger partial charge < -0.3 is 14.4 Å². The second-order valence-electron chi connectivity index (χ2n) is 7.19. The molecule has 0 aromatic heterocycles. The molecule has 0 bridgehead atoms. The van der Waals surface area contributed by atoms with Crippen LogP contribution in [0.5, 0.6) is 0 Å². The highest BCUT2D eigenvalue weighted by atomic mass is 32.2. The Morgan fingerprint density at radius 1 is 1.22 bits per heavy atom. The standard InChI is InChI=1S/C16H31NO5S/c1-6-11-23(19,20)12-10-21-16(7-2)8-9-17(13-16)14(18)22-15(3,4)5/h6-13H2,1-5H3. The van der Waals surface area contributed by atoms with Crippen LogP contribution in [0.2, 0.25) is 0 Å². The molecule has 23 heavy (non-hydrogen) atoms. The van der Waals surface area contributed by atoms with Gasteiger partial charge in [-0.3, -0.25) is 0 Å². The van der Waals surface area contributed by atoms with Crippen LogP contribution >= 0.6 is 0 Å². The van der Waals surface area contributed by atoms with E-state index in [0.29, 0.717) is 25.9 Å². The molecular weight excluding hydrogens is 318 g/mol. The Kier molecular flexibility index (Phi) is 6.89. The molecule has 0 spiro atoms. The van der Waals surface area contributed by atoms with Crippen molar-refractivity contribution in [3.05, 3.63) is 0 Å². The minimum absolute atomic E-state index is 0.0367. The summed E-state index contributed by atoms with van der Waals surface area (Å²) in [7, 11) is -3.04. The van der Waals surface area contributed by atoms with E-state index in [1.165, 1.54) is 0 Å². The molecule has 136 valence electrons. The maximum atomic E-state index is 12.1. The van der Waals surface area contributed by atoms with E-state index in [0.717, 1.165) is 6.42 Å². The summed E-state index contributed by atoms with van der Waals surface area (Å²) >= 11 is 0. The van der Waals surface area contributed by atoms with Crippen LogP contribution in [0.3, 0.4) is 0 Å². The highest BCUT2D eigenvalue weighted by molar-refractivity contribution is 7.91. The molecule has 6 nitrogen and oxygen atoms in total. The van der Waals surface area contributed by atoms with Crippen LogP contribution in [0.25, 0.3) is 0 Å². The predicted molar refractivity (Wildman–Crippen MR) is 90.3 cm³/mol. The average molecular weight is 349 g/mol. The van der Waals surface area contributed by atoms with Gasteiger partial charge in [0.15, 0.2) is 9.84 Å². The van der Waals surface area contributed by atoms with Gasteiger partial charge in [0.1, 0.15) is 5.60 Å². The molecule has 1 unspecified atom stereocenters. The first kappa shape index (κ1) is 20.2. The lowest BCUT2D eigenvalue weighted by Gasteiger charge is -2.29. The lowest BCUT2D eigenvalue weighted by atomic mass is 10.00. The number of hydrogen-bond acceptors (Lipinski definition) is 5. The number of rotatable bonds is 7. The van der Waals surface area contributed by atoms with Crippen LogP contribution < -0.4 is 0 Å². The van der Waals surface area contributed by atoms with Crippen molar-refractivity contribution in [1.29, 1.82) is 0 Å². The molecule has 1 atom stereocenters. The van der Waals surface area contributed by atoms with Crippen molar-refractivity contribution < 1.29 is 22.7 Å². The molecule has 0 aromatic carbocycles. The van der Waals surface area contributed by atoms with Gasteiger partial charge >= 0.3 is 6.09 Å². The van der Waals surface area contributed by atoms with Crippen molar-refractivity contribution in [2.45, 2.75) is 65.1 Å².